The minimum Gasteiger partial charge on any atom is -0.465 e. The van der Waals surface area contributed by atoms with E-state index in [1.54, 1.807) is 13.2 Å². The number of carbonyl (C=O) groups is 1. The molecule has 20 heavy (non-hydrogen) atoms. The van der Waals surface area contributed by atoms with Crippen LogP contribution in [0.15, 0.2) is 18.2 Å². The van der Waals surface area contributed by atoms with Crippen molar-refractivity contribution in [3.63, 3.8) is 0 Å². The van der Waals surface area contributed by atoms with Crippen molar-refractivity contribution in [3.05, 3.63) is 35.1 Å². The summed E-state index contributed by atoms with van der Waals surface area (Å²) in [5, 5.41) is 0. The van der Waals surface area contributed by atoms with Crippen molar-refractivity contribution in [1.82, 2.24) is 4.90 Å². The van der Waals surface area contributed by atoms with Gasteiger partial charge in [-0.2, -0.15) is 0 Å². The molecule has 5 heteroatoms. The fourth-order valence-electron chi connectivity index (χ4n) is 1.90. The molecule has 1 aromatic rings. The molecule has 1 aromatic carbocycles. The lowest BCUT2D eigenvalue weighted by atomic mass is 10.1. The summed E-state index contributed by atoms with van der Waals surface area (Å²) < 4.78 is 23.4. The number of ether oxygens (including phenoxy) is 2. The molecular formula is C15H22FNO3. The minimum atomic E-state index is -0.658. The van der Waals surface area contributed by atoms with E-state index in [9.17, 15) is 9.18 Å². The summed E-state index contributed by atoms with van der Waals surface area (Å²) in [5.41, 5.74) is 0.782. The molecule has 0 atom stereocenters. The highest BCUT2D eigenvalue weighted by molar-refractivity contribution is 5.89. The van der Waals surface area contributed by atoms with E-state index >= 15 is 0 Å². The molecule has 0 N–H and O–H groups in total. The lowest BCUT2D eigenvalue weighted by Crippen LogP contribution is -2.33. The Bertz CT molecular complexity index is 449. The summed E-state index contributed by atoms with van der Waals surface area (Å²) in [6, 6.07) is 4.92. The Hall–Kier alpha value is -1.46. The van der Waals surface area contributed by atoms with Gasteiger partial charge in [0, 0.05) is 26.2 Å². The zero-order valence-corrected chi connectivity index (χ0v) is 12.5. The van der Waals surface area contributed by atoms with Crippen LogP contribution in [0.2, 0.25) is 0 Å². The first kappa shape index (κ1) is 16.6. The lowest BCUT2D eigenvalue weighted by molar-refractivity contribution is 0.0595. The average Bonchev–Trinajstić information content (AvgIpc) is 2.42. The van der Waals surface area contributed by atoms with Crippen molar-refractivity contribution in [2.45, 2.75) is 26.4 Å². The molecule has 0 bridgehead atoms. The molecule has 4 nitrogen and oxygen atoms in total. The third kappa shape index (κ3) is 4.58. The van der Waals surface area contributed by atoms with Gasteiger partial charge in [-0.25, -0.2) is 9.18 Å². The molecule has 0 spiro atoms. The first-order chi connectivity index (χ1) is 9.49. The number of rotatable bonds is 7. The van der Waals surface area contributed by atoms with Crippen LogP contribution in [0.5, 0.6) is 0 Å². The summed E-state index contributed by atoms with van der Waals surface area (Å²) in [7, 11) is 2.89. The van der Waals surface area contributed by atoms with E-state index in [4.69, 9.17) is 4.74 Å². The monoisotopic (exact) mass is 283 g/mol. The van der Waals surface area contributed by atoms with E-state index < -0.39 is 11.8 Å². The minimum absolute atomic E-state index is 0.0377. The molecule has 0 amide bonds. The fourth-order valence-corrected chi connectivity index (χ4v) is 1.90. The van der Waals surface area contributed by atoms with E-state index in [0.29, 0.717) is 19.2 Å². The Morgan fingerprint density at radius 3 is 2.55 bits per heavy atom. The highest BCUT2D eigenvalue weighted by Crippen LogP contribution is 2.14. The van der Waals surface area contributed by atoms with Crippen LogP contribution in [0.1, 0.15) is 29.8 Å². The molecule has 0 aliphatic rings. The number of nitrogens with zero attached hydrogens (tertiary/aromatic N) is 1. The average molecular weight is 283 g/mol. The van der Waals surface area contributed by atoms with E-state index in [1.807, 2.05) is 0 Å². The maximum Gasteiger partial charge on any atom is 0.340 e. The van der Waals surface area contributed by atoms with Gasteiger partial charge < -0.3 is 9.47 Å². The molecule has 0 saturated heterocycles. The molecule has 0 unspecified atom stereocenters. The Balaban J connectivity index is 2.81. The van der Waals surface area contributed by atoms with Crippen LogP contribution < -0.4 is 0 Å². The highest BCUT2D eigenvalue weighted by Gasteiger charge is 2.15. The maximum atomic E-state index is 13.8. The Morgan fingerprint density at radius 2 is 2.05 bits per heavy atom. The predicted octanol–water partition coefficient (Wildman–Crippen LogP) is 2.47. The second kappa shape index (κ2) is 7.97. The van der Waals surface area contributed by atoms with Crippen molar-refractivity contribution in [2.75, 3.05) is 27.4 Å². The number of hydrogen-bond acceptors (Lipinski definition) is 4. The van der Waals surface area contributed by atoms with Gasteiger partial charge in [-0.15, -0.1) is 0 Å². The summed E-state index contributed by atoms with van der Waals surface area (Å²) in [6.45, 7) is 6.17. The Labute approximate surface area is 119 Å². The standard InChI is InChI=1S/C15H22FNO3/c1-11(2)17(7-8-19-3)10-12-5-6-13(14(16)9-12)15(18)20-4/h5-6,9,11H,7-8,10H2,1-4H3. The van der Waals surface area contributed by atoms with Crippen LogP contribution in [0.25, 0.3) is 0 Å². The molecule has 112 valence electrons. The van der Waals surface area contributed by atoms with Crippen LogP contribution >= 0.6 is 0 Å². The van der Waals surface area contributed by atoms with Gasteiger partial charge in [-0.1, -0.05) is 6.07 Å². The third-order valence-electron chi connectivity index (χ3n) is 3.14. The van der Waals surface area contributed by atoms with Gasteiger partial charge in [-0.3, -0.25) is 4.90 Å². The highest BCUT2D eigenvalue weighted by atomic mass is 19.1. The Kier molecular flexibility index (Phi) is 6.61. The van der Waals surface area contributed by atoms with Crippen molar-refractivity contribution in [1.29, 1.82) is 0 Å². The number of esters is 1. The first-order valence-corrected chi connectivity index (χ1v) is 6.59. The second-order valence-electron chi connectivity index (χ2n) is 4.86. The molecule has 0 aromatic heterocycles. The van der Waals surface area contributed by atoms with Crippen molar-refractivity contribution in [2.24, 2.45) is 0 Å². The summed E-state index contributed by atoms with van der Waals surface area (Å²) in [5.74, 6) is -1.21. The van der Waals surface area contributed by atoms with Gasteiger partial charge in [0.1, 0.15) is 5.82 Å². The summed E-state index contributed by atoms with van der Waals surface area (Å²) in [4.78, 5) is 13.5. The van der Waals surface area contributed by atoms with Crippen LogP contribution in [0.4, 0.5) is 4.39 Å². The molecule has 0 saturated carbocycles. The number of carbonyl (C=O) groups excluding carboxylic acids is 1. The largest absolute Gasteiger partial charge is 0.465 e. The molecule has 0 heterocycles. The van der Waals surface area contributed by atoms with Crippen LogP contribution in [0.3, 0.4) is 0 Å². The van der Waals surface area contributed by atoms with E-state index in [0.717, 1.165) is 12.1 Å². The number of methoxy groups -OCH3 is 2. The van der Waals surface area contributed by atoms with Gasteiger partial charge in [0.15, 0.2) is 0 Å². The zero-order chi connectivity index (χ0) is 15.1. The normalized spacial score (nSPS) is 11.2. The Morgan fingerprint density at radius 1 is 1.35 bits per heavy atom. The van der Waals surface area contributed by atoms with Crippen molar-refractivity contribution in [3.8, 4) is 0 Å². The molecule has 0 aliphatic carbocycles. The number of hydrogen-bond donors (Lipinski definition) is 0. The van der Waals surface area contributed by atoms with Crippen molar-refractivity contribution < 1.29 is 18.7 Å². The lowest BCUT2D eigenvalue weighted by Gasteiger charge is -2.26. The predicted molar refractivity (Wildman–Crippen MR) is 75.2 cm³/mol. The zero-order valence-electron chi connectivity index (χ0n) is 12.5. The first-order valence-electron chi connectivity index (χ1n) is 6.59. The van der Waals surface area contributed by atoms with Gasteiger partial charge >= 0.3 is 5.97 Å². The quantitative estimate of drug-likeness (QED) is 0.721. The topological polar surface area (TPSA) is 38.8 Å². The van der Waals surface area contributed by atoms with Gasteiger partial charge in [-0.05, 0) is 31.5 Å². The number of halogens is 1. The van der Waals surface area contributed by atoms with E-state index in [-0.39, 0.29) is 5.56 Å². The molecule has 0 radical (unpaired) electrons. The van der Waals surface area contributed by atoms with Crippen LogP contribution in [-0.2, 0) is 16.0 Å². The molecule has 1 rings (SSSR count). The van der Waals surface area contributed by atoms with E-state index in [1.165, 1.54) is 19.2 Å². The molecule has 0 fully saturated rings. The molecular weight excluding hydrogens is 261 g/mol. The fraction of sp³-hybridized carbons (Fsp3) is 0.533. The van der Waals surface area contributed by atoms with E-state index in [2.05, 4.69) is 23.5 Å². The van der Waals surface area contributed by atoms with Crippen LogP contribution in [0, 0.1) is 5.82 Å². The second-order valence-corrected chi connectivity index (χ2v) is 4.86. The van der Waals surface area contributed by atoms with Gasteiger partial charge in [0.05, 0.1) is 19.3 Å². The smallest absolute Gasteiger partial charge is 0.340 e. The van der Waals surface area contributed by atoms with Crippen LogP contribution in [-0.4, -0.2) is 44.3 Å². The summed E-state index contributed by atoms with van der Waals surface area (Å²) >= 11 is 0. The third-order valence-corrected chi connectivity index (χ3v) is 3.14. The SMILES string of the molecule is COCCN(Cc1ccc(C(=O)OC)c(F)c1)C(C)C. The summed E-state index contributed by atoms with van der Waals surface area (Å²) in [6.07, 6.45) is 0. The maximum absolute atomic E-state index is 13.8. The van der Waals surface area contributed by atoms with Gasteiger partial charge in [0.2, 0.25) is 0 Å². The molecule has 0 aliphatic heterocycles. The van der Waals surface area contributed by atoms with Gasteiger partial charge in [0.25, 0.3) is 0 Å². The number of benzene rings is 1. The van der Waals surface area contributed by atoms with Crippen molar-refractivity contribution >= 4 is 5.97 Å².